The summed E-state index contributed by atoms with van der Waals surface area (Å²) in [6.07, 6.45) is 3.74. The standard InChI is InChI=1S/C17H21N3/c1-14-12-20(9-8-19-14)13-15-4-2-5-16(10-15)17-6-3-7-18-11-17/h2-7,10-11,14,19H,8-9,12-13H2,1H3/t14-/m1/s1. The summed E-state index contributed by atoms with van der Waals surface area (Å²) in [5.41, 5.74) is 3.81. The Morgan fingerprint density at radius 1 is 1.25 bits per heavy atom. The first-order valence-electron chi connectivity index (χ1n) is 7.26. The van der Waals surface area contributed by atoms with Crippen molar-refractivity contribution in [3.63, 3.8) is 0 Å². The molecule has 0 radical (unpaired) electrons. The van der Waals surface area contributed by atoms with Crippen LogP contribution in [0.4, 0.5) is 0 Å². The van der Waals surface area contributed by atoms with Gasteiger partial charge in [0.1, 0.15) is 0 Å². The molecule has 1 aliphatic heterocycles. The summed E-state index contributed by atoms with van der Waals surface area (Å²) in [7, 11) is 0. The minimum atomic E-state index is 0.588. The van der Waals surface area contributed by atoms with Crippen molar-refractivity contribution in [2.45, 2.75) is 19.5 Å². The average Bonchev–Trinajstić information content (AvgIpc) is 2.48. The zero-order valence-corrected chi connectivity index (χ0v) is 11.9. The van der Waals surface area contributed by atoms with Crippen molar-refractivity contribution < 1.29 is 0 Å². The van der Waals surface area contributed by atoms with Gasteiger partial charge in [-0.1, -0.05) is 24.3 Å². The third-order valence-electron chi connectivity index (χ3n) is 3.78. The maximum Gasteiger partial charge on any atom is 0.0346 e. The first-order chi connectivity index (χ1) is 9.81. The van der Waals surface area contributed by atoms with Gasteiger partial charge in [0, 0.05) is 44.6 Å². The number of pyridine rings is 1. The third-order valence-corrected chi connectivity index (χ3v) is 3.78. The SMILES string of the molecule is C[C@@H]1CN(Cc2cccc(-c3cccnc3)c2)CCN1. The van der Waals surface area contributed by atoms with E-state index in [1.807, 2.05) is 18.5 Å². The third kappa shape index (κ3) is 3.24. The van der Waals surface area contributed by atoms with Gasteiger partial charge in [-0.25, -0.2) is 0 Å². The second kappa shape index (κ2) is 6.16. The van der Waals surface area contributed by atoms with Gasteiger partial charge in [0.25, 0.3) is 0 Å². The number of rotatable bonds is 3. The van der Waals surface area contributed by atoms with Gasteiger partial charge >= 0.3 is 0 Å². The smallest absolute Gasteiger partial charge is 0.0346 e. The molecule has 104 valence electrons. The fourth-order valence-electron chi connectivity index (χ4n) is 2.80. The van der Waals surface area contributed by atoms with E-state index in [4.69, 9.17) is 0 Å². The Labute approximate surface area is 120 Å². The molecule has 0 bridgehead atoms. The summed E-state index contributed by atoms with van der Waals surface area (Å²) in [6.45, 7) is 6.61. The van der Waals surface area contributed by atoms with Gasteiger partial charge in [-0.2, -0.15) is 0 Å². The van der Waals surface area contributed by atoms with E-state index in [0.717, 1.165) is 26.2 Å². The highest BCUT2D eigenvalue weighted by molar-refractivity contribution is 5.62. The summed E-state index contributed by atoms with van der Waals surface area (Å²) in [4.78, 5) is 6.72. The van der Waals surface area contributed by atoms with Crippen LogP contribution in [0.1, 0.15) is 12.5 Å². The van der Waals surface area contributed by atoms with Crippen LogP contribution in [0.2, 0.25) is 0 Å². The maximum atomic E-state index is 4.20. The van der Waals surface area contributed by atoms with E-state index in [-0.39, 0.29) is 0 Å². The molecular formula is C17H21N3. The molecule has 1 saturated heterocycles. The van der Waals surface area contributed by atoms with Crippen molar-refractivity contribution in [2.75, 3.05) is 19.6 Å². The molecule has 2 heterocycles. The Morgan fingerprint density at radius 2 is 2.15 bits per heavy atom. The van der Waals surface area contributed by atoms with Crippen LogP contribution in [-0.2, 0) is 6.54 Å². The zero-order chi connectivity index (χ0) is 13.8. The highest BCUT2D eigenvalue weighted by Gasteiger charge is 2.15. The Hall–Kier alpha value is -1.71. The molecule has 3 rings (SSSR count). The number of hydrogen-bond donors (Lipinski definition) is 1. The number of aromatic nitrogens is 1. The van der Waals surface area contributed by atoms with E-state index in [1.54, 1.807) is 0 Å². The molecule has 0 aliphatic carbocycles. The van der Waals surface area contributed by atoms with Crippen LogP contribution >= 0.6 is 0 Å². The van der Waals surface area contributed by atoms with Crippen LogP contribution in [0.25, 0.3) is 11.1 Å². The first-order valence-corrected chi connectivity index (χ1v) is 7.26. The lowest BCUT2D eigenvalue weighted by Gasteiger charge is -2.31. The summed E-state index contributed by atoms with van der Waals surface area (Å²) >= 11 is 0. The molecule has 3 heteroatoms. The Bertz CT molecular complexity index is 553. The van der Waals surface area contributed by atoms with Crippen molar-refractivity contribution in [1.82, 2.24) is 15.2 Å². The topological polar surface area (TPSA) is 28.2 Å². The maximum absolute atomic E-state index is 4.20. The highest BCUT2D eigenvalue weighted by atomic mass is 15.2. The lowest BCUT2D eigenvalue weighted by atomic mass is 10.0. The largest absolute Gasteiger partial charge is 0.312 e. The number of nitrogens with one attached hydrogen (secondary N) is 1. The second-order valence-electron chi connectivity index (χ2n) is 5.53. The van der Waals surface area contributed by atoms with Crippen LogP contribution in [-0.4, -0.2) is 35.6 Å². The molecule has 1 aromatic carbocycles. The summed E-state index contributed by atoms with van der Waals surface area (Å²) in [5, 5.41) is 3.49. The molecule has 0 amide bonds. The summed E-state index contributed by atoms with van der Waals surface area (Å²) in [6, 6.07) is 13.5. The molecule has 0 unspecified atom stereocenters. The molecule has 0 spiro atoms. The predicted molar refractivity (Wildman–Crippen MR) is 82.4 cm³/mol. The van der Waals surface area contributed by atoms with E-state index < -0.39 is 0 Å². The number of hydrogen-bond acceptors (Lipinski definition) is 3. The Kier molecular flexibility index (Phi) is 4.09. The second-order valence-corrected chi connectivity index (χ2v) is 5.53. The molecule has 1 fully saturated rings. The van der Waals surface area contributed by atoms with E-state index in [2.05, 4.69) is 52.5 Å². The van der Waals surface area contributed by atoms with Crippen LogP contribution < -0.4 is 5.32 Å². The highest BCUT2D eigenvalue weighted by Crippen LogP contribution is 2.20. The van der Waals surface area contributed by atoms with E-state index in [1.165, 1.54) is 16.7 Å². The minimum absolute atomic E-state index is 0.588. The van der Waals surface area contributed by atoms with Gasteiger partial charge in [0.2, 0.25) is 0 Å². The Morgan fingerprint density at radius 3 is 2.95 bits per heavy atom. The van der Waals surface area contributed by atoms with Gasteiger partial charge in [0.05, 0.1) is 0 Å². The van der Waals surface area contributed by atoms with Gasteiger partial charge in [-0.05, 0) is 35.7 Å². The van der Waals surface area contributed by atoms with Crippen molar-refractivity contribution in [3.8, 4) is 11.1 Å². The van der Waals surface area contributed by atoms with E-state index in [9.17, 15) is 0 Å². The molecule has 2 aromatic rings. The van der Waals surface area contributed by atoms with Crippen molar-refractivity contribution in [1.29, 1.82) is 0 Å². The van der Waals surface area contributed by atoms with E-state index in [0.29, 0.717) is 6.04 Å². The monoisotopic (exact) mass is 267 g/mol. The number of benzene rings is 1. The van der Waals surface area contributed by atoms with Gasteiger partial charge in [-0.3, -0.25) is 9.88 Å². The molecule has 20 heavy (non-hydrogen) atoms. The predicted octanol–water partition coefficient (Wildman–Crippen LogP) is 2.54. The van der Waals surface area contributed by atoms with Crippen molar-refractivity contribution in [3.05, 3.63) is 54.4 Å². The quantitative estimate of drug-likeness (QED) is 0.926. The van der Waals surface area contributed by atoms with Crippen LogP contribution in [0, 0.1) is 0 Å². The number of nitrogens with zero attached hydrogens (tertiary/aromatic N) is 2. The van der Waals surface area contributed by atoms with Gasteiger partial charge < -0.3 is 5.32 Å². The lowest BCUT2D eigenvalue weighted by molar-refractivity contribution is 0.199. The minimum Gasteiger partial charge on any atom is -0.312 e. The molecule has 3 nitrogen and oxygen atoms in total. The number of piperazine rings is 1. The first kappa shape index (κ1) is 13.3. The normalized spacial score (nSPS) is 19.9. The average molecular weight is 267 g/mol. The van der Waals surface area contributed by atoms with Crippen LogP contribution in [0.15, 0.2) is 48.8 Å². The van der Waals surface area contributed by atoms with Crippen LogP contribution in [0.3, 0.4) is 0 Å². The van der Waals surface area contributed by atoms with Gasteiger partial charge in [-0.15, -0.1) is 0 Å². The zero-order valence-electron chi connectivity index (χ0n) is 11.9. The fourth-order valence-corrected chi connectivity index (χ4v) is 2.80. The van der Waals surface area contributed by atoms with Gasteiger partial charge in [0.15, 0.2) is 0 Å². The molecule has 1 N–H and O–H groups in total. The van der Waals surface area contributed by atoms with E-state index >= 15 is 0 Å². The molecule has 1 aliphatic rings. The van der Waals surface area contributed by atoms with Crippen molar-refractivity contribution in [2.24, 2.45) is 0 Å². The summed E-state index contributed by atoms with van der Waals surface area (Å²) in [5.74, 6) is 0. The van der Waals surface area contributed by atoms with Crippen LogP contribution in [0.5, 0.6) is 0 Å². The lowest BCUT2D eigenvalue weighted by Crippen LogP contribution is -2.48. The molecule has 0 saturated carbocycles. The Balaban J connectivity index is 1.74. The summed E-state index contributed by atoms with van der Waals surface area (Å²) < 4.78 is 0. The molecular weight excluding hydrogens is 246 g/mol. The molecule has 1 atom stereocenters. The van der Waals surface area contributed by atoms with Crippen molar-refractivity contribution >= 4 is 0 Å². The molecule has 1 aromatic heterocycles. The fraction of sp³-hybridized carbons (Fsp3) is 0.353.